The van der Waals surface area contributed by atoms with E-state index in [1.807, 2.05) is 43.0 Å². The first-order valence-electron chi connectivity index (χ1n) is 8.77. The van der Waals surface area contributed by atoms with Gasteiger partial charge in [-0.2, -0.15) is 0 Å². The highest BCUT2D eigenvalue weighted by Gasteiger charge is 2.23. The number of aryl methyl sites for hydroxylation is 2. The number of rotatable bonds is 4. The number of carbonyl (C=O) groups is 1. The van der Waals surface area contributed by atoms with Gasteiger partial charge in [0.25, 0.3) is 5.91 Å². The van der Waals surface area contributed by atoms with E-state index in [2.05, 4.69) is 27.1 Å². The van der Waals surface area contributed by atoms with Gasteiger partial charge in [-0.3, -0.25) is 4.79 Å². The van der Waals surface area contributed by atoms with E-state index in [1.54, 1.807) is 6.07 Å². The van der Waals surface area contributed by atoms with Gasteiger partial charge in [-0.15, -0.1) is 0 Å². The topological polar surface area (TPSA) is 61.4 Å². The number of para-hydroxylation sites is 1. The molecule has 0 radical (unpaired) electrons. The average molecular weight is 339 g/mol. The Morgan fingerprint density at radius 3 is 2.52 bits per heavy atom. The van der Waals surface area contributed by atoms with E-state index < -0.39 is 0 Å². The number of nitrogens with zero attached hydrogens (tertiary/aromatic N) is 4. The minimum Gasteiger partial charge on any atom is -0.340 e. The number of anilines is 2. The van der Waals surface area contributed by atoms with Crippen molar-refractivity contribution in [2.45, 2.75) is 20.8 Å². The van der Waals surface area contributed by atoms with Crippen LogP contribution >= 0.6 is 0 Å². The SMILES string of the molecule is CCN1CCN(C(=O)c2cc(Nc3ccccc3C)nc(C)n2)CC1. The van der Waals surface area contributed by atoms with Crippen LogP contribution in [0.3, 0.4) is 0 Å². The molecule has 1 aromatic carbocycles. The molecule has 2 heterocycles. The molecule has 1 aliphatic rings. The molecular formula is C19H25N5O. The number of nitrogens with one attached hydrogen (secondary N) is 1. The largest absolute Gasteiger partial charge is 0.340 e. The Balaban J connectivity index is 1.77. The average Bonchev–Trinajstić information content (AvgIpc) is 2.62. The van der Waals surface area contributed by atoms with E-state index in [0.29, 0.717) is 17.3 Å². The normalized spacial score (nSPS) is 15.2. The molecule has 1 aliphatic heterocycles. The summed E-state index contributed by atoms with van der Waals surface area (Å²) in [6.07, 6.45) is 0. The van der Waals surface area contributed by atoms with Crippen LogP contribution in [0, 0.1) is 13.8 Å². The summed E-state index contributed by atoms with van der Waals surface area (Å²) in [6.45, 7) is 10.4. The summed E-state index contributed by atoms with van der Waals surface area (Å²) in [5.74, 6) is 1.22. The summed E-state index contributed by atoms with van der Waals surface area (Å²) < 4.78 is 0. The Kier molecular flexibility index (Phi) is 5.28. The molecule has 6 heteroatoms. The lowest BCUT2D eigenvalue weighted by atomic mass is 10.2. The van der Waals surface area contributed by atoms with Crippen LogP contribution in [-0.4, -0.2) is 58.4 Å². The van der Waals surface area contributed by atoms with Crippen LogP contribution in [0.2, 0.25) is 0 Å². The van der Waals surface area contributed by atoms with Gasteiger partial charge in [0.05, 0.1) is 0 Å². The van der Waals surface area contributed by atoms with Crippen molar-refractivity contribution in [2.24, 2.45) is 0 Å². The van der Waals surface area contributed by atoms with Crippen molar-refractivity contribution in [1.29, 1.82) is 0 Å². The second-order valence-electron chi connectivity index (χ2n) is 6.35. The molecule has 0 unspecified atom stereocenters. The zero-order chi connectivity index (χ0) is 17.8. The molecule has 3 rings (SSSR count). The molecule has 25 heavy (non-hydrogen) atoms. The highest BCUT2D eigenvalue weighted by molar-refractivity contribution is 5.93. The molecule has 1 aromatic heterocycles. The van der Waals surface area contributed by atoms with Crippen molar-refractivity contribution in [3.63, 3.8) is 0 Å². The zero-order valence-corrected chi connectivity index (χ0v) is 15.1. The van der Waals surface area contributed by atoms with Crippen molar-refractivity contribution < 1.29 is 4.79 Å². The highest BCUT2D eigenvalue weighted by Crippen LogP contribution is 2.20. The summed E-state index contributed by atoms with van der Waals surface area (Å²) in [5, 5.41) is 3.30. The Bertz CT molecular complexity index is 753. The second-order valence-corrected chi connectivity index (χ2v) is 6.35. The molecule has 132 valence electrons. The number of aromatic nitrogens is 2. The molecule has 0 bridgehead atoms. The molecule has 0 atom stereocenters. The van der Waals surface area contributed by atoms with E-state index in [0.717, 1.165) is 44.0 Å². The maximum absolute atomic E-state index is 12.8. The Morgan fingerprint density at radius 2 is 1.84 bits per heavy atom. The molecule has 1 fully saturated rings. The van der Waals surface area contributed by atoms with E-state index in [1.165, 1.54) is 0 Å². The minimum absolute atomic E-state index is 0.0194. The number of hydrogen-bond donors (Lipinski definition) is 1. The van der Waals surface area contributed by atoms with Crippen molar-refractivity contribution in [1.82, 2.24) is 19.8 Å². The predicted octanol–water partition coefficient (Wildman–Crippen LogP) is 2.61. The lowest BCUT2D eigenvalue weighted by Crippen LogP contribution is -2.48. The predicted molar refractivity (Wildman–Crippen MR) is 99.2 cm³/mol. The molecule has 0 saturated carbocycles. The van der Waals surface area contributed by atoms with Crippen molar-refractivity contribution in [3.8, 4) is 0 Å². The zero-order valence-electron chi connectivity index (χ0n) is 15.1. The number of benzene rings is 1. The van der Waals surface area contributed by atoms with Gasteiger partial charge in [0.1, 0.15) is 17.3 Å². The van der Waals surface area contributed by atoms with Crippen molar-refractivity contribution >= 4 is 17.4 Å². The number of amides is 1. The second kappa shape index (κ2) is 7.61. The monoisotopic (exact) mass is 339 g/mol. The third kappa shape index (κ3) is 4.14. The Hall–Kier alpha value is -2.47. The number of hydrogen-bond acceptors (Lipinski definition) is 5. The van der Waals surface area contributed by atoms with Gasteiger partial charge in [-0.1, -0.05) is 25.1 Å². The first-order valence-corrected chi connectivity index (χ1v) is 8.77. The third-order valence-corrected chi connectivity index (χ3v) is 4.57. The molecule has 6 nitrogen and oxygen atoms in total. The van der Waals surface area contributed by atoms with Crippen LogP contribution in [0.25, 0.3) is 0 Å². The first-order chi connectivity index (χ1) is 12.1. The smallest absolute Gasteiger partial charge is 0.272 e. The van der Waals surface area contributed by atoms with Crippen LogP contribution in [0.4, 0.5) is 11.5 Å². The molecule has 1 N–H and O–H groups in total. The minimum atomic E-state index is -0.0194. The van der Waals surface area contributed by atoms with E-state index in [4.69, 9.17) is 0 Å². The van der Waals surface area contributed by atoms with Gasteiger partial charge < -0.3 is 15.1 Å². The van der Waals surface area contributed by atoms with Crippen LogP contribution in [0.5, 0.6) is 0 Å². The molecule has 0 aliphatic carbocycles. The fourth-order valence-electron chi connectivity index (χ4n) is 3.02. The number of piperazine rings is 1. The Morgan fingerprint density at radius 1 is 1.12 bits per heavy atom. The van der Waals surface area contributed by atoms with E-state index in [9.17, 15) is 4.79 Å². The maximum atomic E-state index is 12.8. The van der Waals surface area contributed by atoms with Gasteiger partial charge in [0, 0.05) is 37.9 Å². The summed E-state index contributed by atoms with van der Waals surface area (Å²) >= 11 is 0. The van der Waals surface area contributed by atoms with Crippen LogP contribution in [0.15, 0.2) is 30.3 Å². The summed E-state index contributed by atoms with van der Waals surface area (Å²) in [6, 6.07) is 9.75. The van der Waals surface area contributed by atoms with Crippen LogP contribution in [-0.2, 0) is 0 Å². The molecule has 1 amide bonds. The maximum Gasteiger partial charge on any atom is 0.272 e. The summed E-state index contributed by atoms with van der Waals surface area (Å²) in [7, 11) is 0. The van der Waals surface area contributed by atoms with Gasteiger partial charge in [-0.05, 0) is 32.0 Å². The number of likely N-dealkylation sites (N-methyl/N-ethyl adjacent to an activating group) is 1. The fraction of sp³-hybridized carbons (Fsp3) is 0.421. The number of carbonyl (C=O) groups excluding carboxylic acids is 1. The first kappa shape index (κ1) is 17.4. The highest BCUT2D eigenvalue weighted by atomic mass is 16.2. The Labute approximate surface area is 148 Å². The molecule has 1 saturated heterocycles. The van der Waals surface area contributed by atoms with Gasteiger partial charge >= 0.3 is 0 Å². The van der Waals surface area contributed by atoms with E-state index in [-0.39, 0.29) is 5.91 Å². The van der Waals surface area contributed by atoms with Crippen LogP contribution < -0.4 is 5.32 Å². The van der Waals surface area contributed by atoms with Crippen LogP contribution in [0.1, 0.15) is 28.8 Å². The standard InChI is InChI=1S/C19H25N5O/c1-4-23-9-11-24(12-10-23)19(25)17-13-18(21-15(3)20-17)22-16-8-6-5-7-14(16)2/h5-8,13H,4,9-12H2,1-3H3,(H,20,21,22). The quantitative estimate of drug-likeness (QED) is 0.928. The van der Waals surface area contributed by atoms with Gasteiger partial charge in [-0.25, -0.2) is 9.97 Å². The van der Waals surface area contributed by atoms with E-state index >= 15 is 0 Å². The molecule has 2 aromatic rings. The van der Waals surface area contributed by atoms with Crippen molar-refractivity contribution in [2.75, 3.05) is 38.0 Å². The summed E-state index contributed by atoms with van der Waals surface area (Å²) in [5.41, 5.74) is 2.56. The van der Waals surface area contributed by atoms with Crippen molar-refractivity contribution in [3.05, 3.63) is 47.4 Å². The molecular weight excluding hydrogens is 314 g/mol. The van der Waals surface area contributed by atoms with Gasteiger partial charge in [0.15, 0.2) is 0 Å². The fourth-order valence-corrected chi connectivity index (χ4v) is 3.02. The lowest BCUT2D eigenvalue weighted by molar-refractivity contribution is 0.0637. The summed E-state index contributed by atoms with van der Waals surface area (Å²) in [4.78, 5) is 25.8. The third-order valence-electron chi connectivity index (χ3n) is 4.57. The molecule has 0 spiro atoms. The van der Waals surface area contributed by atoms with Gasteiger partial charge in [0.2, 0.25) is 0 Å². The lowest BCUT2D eigenvalue weighted by Gasteiger charge is -2.33.